The standard InChI is InChI=1S/C20H26N4O.CH4/c1-14(2)11-24-12-17(13-24)22-16-9-7-15(8-10-16)20(25)23-19-6-4-3-5-18(19)21;/h3-10,14,17,22H,11-13,21H2,1-2H3,(H,23,25);1H4. The van der Waals surface area contributed by atoms with Crippen molar-refractivity contribution < 1.29 is 4.79 Å². The zero-order chi connectivity index (χ0) is 17.8. The van der Waals surface area contributed by atoms with E-state index in [1.807, 2.05) is 36.4 Å². The fourth-order valence-electron chi connectivity index (χ4n) is 3.09. The van der Waals surface area contributed by atoms with E-state index in [0.717, 1.165) is 25.3 Å². The quantitative estimate of drug-likeness (QED) is 0.688. The van der Waals surface area contributed by atoms with E-state index in [1.165, 1.54) is 0 Å². The van der Waals surface area contributed by atoms with Crippen LogP contribution in [0, 0.1) is 5.92 Å². The van der Waals surface area contributed by atoms with Gasteiger partial charge in [-0.1, -0.05) is 33.4 Å². The Labute approximate surface area is 156 Å². The second-order valence-corrected chi connectivity index (χ2v) is 7.07. The Kier molecular flexibility index (Phi) is 6.64. The van der Waals surface area contributed by atoms with Crippen LogP contribution in [0.1, 0.15) is 31.6 Å². The lowest BCUT2D eigenvalue weighted by Crippen LogP contribution is -2.55. The monoisotopic (exact) mass is 354 g/mol. The number of nitrogens with two attached hydrogens (primary N) is 1. The van der Waals surface area contributed by atoms with Crippen LogP contribution in [0.3, 0.4) is 0 Å². The number of hydrogen-bond donors (Lipinski definition) is 3. The summed E-state index contributed by atoms with van der Waals surface area (Å²) in [6.07, 6.45) is 0. The number of para-hydroxylation sites is 2. The third kappa shape index (κ3) is 4.99. The first kappa shape index (κ1) is 19.8. The van der Waals surface area contributed by atoms with Gasteiger partial charge in [0.1, 0.15) is 0 Å². The highest BCUT2D eigenvalue weighted by molar-refractivity contribution is 6.05. The molecule has 1 amide bonds. The Morgan fingerprint density at radius 3 is 2.42 bits per heavy atom. The molecule has 1 aliphatic heterocycles. The van der Waals surface area contributed by atoms with Crippen molar-refractivity contribution in [3.05, 3.63) is 54.1 Å². The average Bonchev–Trinajstić information content (AvgIpc) is 2.55. The molecule has 5 nitrogen and oxygen atoms in total. The Hall–Kier alpha value is -2.53. The minimum absolute atomic E-state index is 0. The van der Waals surface area contributed by atoms with Gasteiger partial charge in [-0.25, -0.2) is 0 Å². The highest BCUT2D eigenvalue weighted by atomic mass is 16.1. The molecule has 2 aromatic carbocycles. The molecule has 0 aliphatic carbocycles. The van der Waals surface area contributed by atoms with Crippen molar-refractivity contribution in [2.24, 2.45) is 5.92 Å². The van der Waals surface area contributed by atoms with Gasteiger partial charge in [-0.05, 0) is 42.3 Å². The second-order valence-electron chi connectivity index (χ2n) is 7.07. The Morgan fingerprint density at radius 2 is 1.81 bits per heavy atom. The van der Waals surface area contributed by atoms with E-state index in [1.54, 1.807) is 12.1 Å². The van der Waals surface area contributed by atoms with Crippen molar-refractivity contribution in [2.75, 3.05) is 36.0 Å². The molecule has 0 bridgehead atoms. The van der Waals surface area contributed by atoms with E-state index < -0.39 is 0 Å². The average molecular weight is 354 g/mol. The zero-order valence-electron chi connectivity index (χ0n) is 14.8. The van der Waals surface area contributed by atoms with E-state index in [-0.39, 0.29) is 13.3 Å². The van der Waals surface area contributed by atoms with E-state index >= 15 is 0 Å². The summed E-state index contributed by atoms with van der Waals surface area (Å²) in [5.74, 6) is 0.550. The summed E-state index contributed by atoms with van der Waals surface area (Å²) in [4.78, 5) is 14.8. The molecule has 0 unspecified atom stereocenters. The second kappa shape index (κ2) is 8.72. The number of nitrogens with one attached hydrogen (secondary N) is 2. The van der Waals surface area contributed by atoms with Crippen molar-refractivity contribution in [1.82, 2.24) is 4.90 Å². The van der Waals surface area contributed by atoms with Crippen LogP contribution in [0.25, 0.3) is 0 Å². The Morgan fingerprint density at radius 1 is 1.15 bits per heavy atom. The molecule has 0 saturated carbocycles. The minimum atomic E-state index is -0.156. The van der Waals surface area contributed by atoms with Crippen LogP contribution in [0.15, 0.2) is 48.5 Å². The molecule has 0 aromatic heterocycles. The summed E-state index contributed by atoms with van der Waals surface area (Å²) < 4.78 is 0. The fourth-order valence-corrected chi connectivity index (χ4v) is 3.09. The van der Waals surface area contributed by atoms with E-state index in [9.17, 15) is 4.79 Å². The van der Waals surface area contributed by atoms with Crippen LogP contribution >= 0.6 is 0 Å². The van der Waals surface area contributed by atoms with Gasteiger partial charge in [0, 0.05) is 30.9 Å². The van der Waals surface area contributed by atoms with Crippen LogP contribution in [-0.2, 0) is 0 Å². The first-order valence-electron chi connectivity index (χ1n) is 8.76. The van der Waals surface area contributed by atoms with Gasteiger partial charge in [0.05, 0.1) is 17.4 Å². The predicted molar refractivity (Wildman–Crippen MR) is 111 cm³/mol. The molecule has 0 atom stereocenters. The lowest BCUT2D eigenvalue weighted by molar-refractivity contribution is 0.102. The highest BCUT2D eigenvalue weighted by Crippen LogP contribution is 2.20. The van der Waals surface area contributed by atoms with Gasteiger partial charge < -0.3 is 16.4 Å². The van der Waals surface area contributed by atoms with Gasteiger partial charge in [0.25, 0.3) is 5.91 Å². The minimum Gasteiger partial charge on any atom is -0.397 e. The Bertz CT molecular complexity index is 721. The maximum absolute atomic E-state index is 12.3. The summed E-state index contributed by atoms with van der Waals surface area (Å²) in [5, 5.41) is 6.36. The third-order valence-corrected chi connectivity index (χ3v) is 4.31. The molecule has 4 N–H and O–H groups in total. The summed E-state index contributed by atoms with van der Waals surface area (Å²) >= 11 is 0. The summed E-state index contributed by atoms with van der Waals surface area (Å²) in [7, 11) is 0. The first-order chi connectivity index (χ1) is 12.0. The first-order valence-corrected chi connectivity index (χ1v) is 8.76. The van der Waals surface area contributed by atoms with Crippen LogP contribution in [-0.4, -0.2) is 36.5 Å². The van der Waals surface area contributed by atoms with Crippen molar-refractivity contribution in [3.8, 4) is 0 Å². The number of nitrogen functional groups attached to an aromatic ring is 1. The van der Waals surface area contributed by atoms with Gasteiger partial charge in [-0.2, -0.15) is 0 Å². The number of anilines is 3. The molecular weight excluding hydrogens is 324 g/mol. The lowest BCUT2D eigenvalue weighted by atomic mass is 10.1. The predicted octanol–water partition coefficient (Wildman–Crippen LogP) is 3.91. The zero-order valence-corrected chi connectivity index (χ0v) is 14.8. The van der Waals surface area contributed by atoms with Crippen LogP contribution in [0.4, 0.5) is 17.1 Å². The molecule has 0 radical (unpaired) electrons. The number of likely N-dealkylation sites (tertiary alicyclic amines) is 1. The normalized spacial score (nSPS) is 14.4. The number of amides is 1. The van der Waals surface area contributed by atoms with Crippen molar-refractivity contribution in [3.63, 3.8) is 0 Å². The number of nitrogens with zero attached hydrogens (tertiary/aromatic N) is 1. The van der Waals surface area contributed by atoms with E-state index in [4.69, 9.17) is 5.73 Å². The topological polar surface area (TPSA) is 70.4 Å². The molecule has 2 aromatic rings. The van der Waals surface area contributed by atoms with Gasteiger partial charge in [-0.3, -0.25) is 9.69 Å². The smallest absolute Gasteiger partial charge is 0.255 e. The van der Waals surface area contributed by atoms with Crippen molar-refractivity contribution >= 4 is 23.0 Å². The van der Waals surface area contributed by atoms with Gasteiger partial charge in [0.15, 0.2) is 0 Å². The van der Waals surface area contributed by atoms with Gasteiger partial charge in [-0.15, -0.1) is 0 Å². The number of carbonyl (C=O) groups excluding carboxylic acids is 1. The summed E-state index contributed by atoms with van der Waals surface area (Å²) in [6, 6.07) is 15.3. The lowest BCUT2D eigenvalue weighted by Gasteiger charge is -2.41. The largest absolute Gasteiger partial charge is 0.397 e. The molecule has 0 spiro atoms. The molecule has 26 heavy (non-hydrogen) atoms. The van der Waals surface area contributed by atoms with E-state index in [2.05, 4.69) is 29.4 Å². The summed E-state index contributed by atoms with van der Waals surface area (Å²) in [5.41, 5.74) is 8.72. The van der Waals surface area contributed by atoms with Crippen LogP contribution < -0.4 is 16.4 Å². The molecule has 1 fully saturated rings. The number of hydrogen-bond acceptors (Lipinski definition) is 4. The maximum Gasteiger partial charge on any atom is 0.255 e. The molecule has 140 valence electrons. The van der Waals surface area contributed by atoms with E-state index in [0.29, 0.717) is 28.9 Å². The Balaban J connectivity index is 0.00000243. The molecule has 1 heterocycles. The molecule has 3 rings (SSSR count). The molecule has 5 heteroatoms. The summed E-state index contributed by atoms with van der Waals surface area (Å²) in [6.45, 7) is 7.79. The van der Waals surface area contributed by atoms with Crippen molar-refractivity contribution in [1.29, 1.82) is 0 Å². The van der Waals surface area contributed by atoms with Crippen molar-refractivity contribution in [2.45, 2.75) is 27.3 Å². The molecule has 1 aliphatic rings. The van der Waals surface area contributed by atoms with Crippen LogP contribution in [0.2, 0.25) is 0 Å². The van der Waals surface area contributed by atoms with Crippen LogP contribution in [0.5, 0.6) is 0 Å². The number of benzene rings is 2. The molecule has 1 saturated heterocycles. The highest BCUT2D eigenvalue weighted by Gasteiger charge is 2.26. The third-order valence-electron chi connectivity index (χ3n) is 4.31. The number of rotatable bonds is 6. The maximum atomic E-state index is 12.3. The SMILES string of the molecule is C.CC(C)CN1CC(Nc2ccc(C(=O)Nc3ccccc3N)cc2)C1. The number of carbonyl (C=O) groups is 1. The van der Waals surface area contributed by atoms with Gasteiger partial charge in [0.2, 0.25) is 0 Å². The van der Waals surface area contributed by atoms with Gasteiger partial charge >= 0.3 is 0 Å². The fraction of sp³-hybridized carbons (Fsp3) is 0.381. The molecular formula is C21H30N4O.